The summed E-state index contributed by atoms with van der Waals surface area (Å²) in [5.41, 5.74) is 11.1. The number of likely N-dealkylation sites (N-methyl/N-ethyl adjacent to an activating group) is 2. The van der Waals surface area contributed by atoms with E-state index >= 15 is 0 Å². The molecule has 3 aromatic heterocycles. The fourth-order valence-corrected chi connectivity index (χ4v) is 4.62. The Balaban J connectivity index is 0.00000552. The van der Waals surface area contributed by atoms with Gasteiger partial charge < -0.3 is 34.9 Å². The van der Waals surface area contributed by atoms with Crippen molar-refractivity contribution in [1.29, 1.82) is 0 Å². The van der Waals surface area contributed by atoms with E-state index in [2.05, 4.69) is 15.3 Å². The zero-order valence-electron chi connectivity index (χ0n) is 26.9. The molecule has 1 amide bonds. The number of benzene rings is 1. The lowest BCUT2D eigenvalue weighted by Gasteiger charge is -2.28. The van der Waals surface area contributed by atoms with Crippen LogP contribution in [0.15, 0.2) is 42.9 Å². The summed E-state index contributed by atoms with van der Waals surface area (Å²) in [4.78, 5) is 42.6. The van der Waals surface area contributed by atoms with E-state index in [0.29, 0.717) is 36.1 Å². The minimum Gasteiger partial charge on any atom is -0.459 e. The van der Waals surface area contributed by atoms with Gasteiger partial charge in [-0.1, -0.05) is 7.43 Å². The first-order valence-corrected chi connectivity index (χ1v) is 14.5. The Morgan fingerprint density at radius 2 is 1.84 bits per heavy atom. The van der Waals surface area contributed by atoms with Gasteiger partial charge in [0.15, 0.2) is 0 Å². The van der Waals surface area contributed by atoms with Crippen molar-refractivity contribution in [1.82, 2.24) is 24.4 Å². The third-order valence-corrected chi connectivity index (χ3v) is 6.85. The van der Waals surface area contributed by atoms with E-state index in [9.17, 15) is 9.59 Å². The number of nitrogens with one attached hydrogen (secondary N) is 1. The number of nitrogens with two attached hydrogens (primary N) is 1. The zero-order valence-corrected chi connectivity index (χ0v) is 26.9. The number of anilines is 4. The number of nitrogens with zero attached hydrogens (tertiary/aromatic N) is 6. The summed E-state index contributed by atoms with van der Waals surface area (Å²) in [7, 11) is 5.52. The topological polar surface area (TPSA) is 141 Å². The molecule has 0 unspecified atom stereocenters. The fourth-order valence-electron chi connectivity index (χ4n) is 4.62. The molecule has 0 aliphatic carbocycles. The first kappa shape index (κ1) is 34.6. The van der Waals surface area contributed by atoms with Crippen LogP contribution in [-0.2, 0) is 16.5 Å². The van der Waals surface area contributed by atoms with Crippen LogP contribution in [0.3, 0.4) is 0 Å². The van der Waals surface area contributed by atoms with Crippen LogP contribution in [0.4, 0.5) is 27.8 Å². The van der Waals surface area contributed by atoms with Gasteiger partial charge in [0.25, 0.3) is 0 Å². The number of esters is 1. The predicted octanol–water partition coefficient (Wildman–Crippen LogP) is 6.17. The van der Waals surface area contributed by atoms with Gasteiger partial charge in [0.2, 0.25) is 5.95 Å². The molecule has 0 aliphatic rings. The highest BCUT2D eigenvalue weighted by Crippen LogP contribution is 2.34. The second-order valence-electron chi connectivity index (χ2n) is 12.1. The quantitative estimate of drug-likeness (QED) is 0.165. The SMILES string of the molecule is C.Cc1cc(N(C)CCN(C)C(=O)OC(C)(C)C)c(N)cc1Nc1ncc(C(=O)OC(C)C)c(-c2cn(C)c3ncccc23)n1. The van der Waals surface area contributed by atoms with E-state index in [1.165, 1.54) is 6.20 Å². The molecule has 4 rings (SSSR count). The van der Waals surface area contributed by atoms with Gasteiger partial charge in [0.1, 0.15) is 16.8 Å². The molecular weight excluding hydrogens is 572 g/mol. The normalized spacial score (nSPS) is 11.2. The molecule has 4 aromatic rings. The number of rotatable bonds is 9. The average molecular weight is 619 g/mol. The molecule has 12 nitrogen and oxygen atoms in total. The molecule has 0 atom stereocenters. The van der Waals surface area contributed by atoms with Crippen LogP contribution in [0.5, 0.6) is 0 Å². The van der Waals surface area contributed by atoms with E-state index < -0.39 is 11.6 Å². The first-order valence-electron chi connectivity index (χ1n) is 14.5. The van der Waals surface area contributed by atoms with Gasteiger partial charge in [-0.15, -0.1) is 0 Å². The lowest BCUT2D eigenvalue weighted by atomic mass is 10.1. The van der Waals surface area contributed by atoms with Crippen LogP contribution in [0.25, 0.3) is 22.3 Å². The van der Waals surface area contributed by atoms with Crippen molar-refractivity contribution in [3.8, 4) is 11.3 Å². The van der Waals surface area contributed by atoms with Gasteiger partial charge in [0.05, 0.1) is 23.2 Å². The number of aryl methyl sites for hydroxylation is 2. The fraction of sp³-hybridized carbons (Fsp3) is 0.424. The van der Waals surface area contributed by atoms with Crippen LogP contribution in [-0.4, -0.2) is 75.4 Å². The molecule has 0 spiro atoms. The van der Waals surface area contributed by atoms with Crippen molar-refractivity contribution >= 4 is 46.1 Å². The Bertz CT molecular complexity index is 1680. The molecule has 3 heterocycles. The Hall–Kier alpha value is -4.87. The van der Waals surface area contributed by atoms with Crippen LogP contribution < -0.4 is 16.0 Å². The minimum absolute atomic E-state index is 0. The summed E-state index contributed by atoms with van der Waals surface area (Å²) in [6.07, 6.45) is 4.41. The third kappa shape index (κ3) is 8.20. The molecule has 1 aromatic carbocycles. The summed E-state index contributed by atoms with van der Waals surface area (Å²) in [5.74, 6) is -0.211. The maximum absolute atomic E-state index is 13.1. The number of amides is 1. The van der Waals surface area contributed by atoms with E-state index in [1.54, 1.807) is 32.0 Å². The lowest BCUT2D eigenvalue weighted by molar-refractivity contribution is 0.0302. The van der Waals surface area contributed by atoms with Crippen LogP contribution in [0.1, 0.15) is 58.0 Å². The van der Waals surface area contributed by atoms with Crippen molar-refractivity contribution in [2.75, 3.05) is 43.1 Å². The van der Waals surface area contributed by atoms with Crippen molar-refractivity contribution in [2.24, 2.45) is 7.05 Å². The summed E-state index contributed by atoms with van der Waals surface area (Å²) in [6, 6.07) is 7.58. The highest BCUT2D eigenvalue weighted by molar-refractivity contribution is 6.02. The molecule has 45 heavy (non-hydrogen) atoms. The molecule has 0 bridgehead atoms. The Kier molecular flexibility index (Phi) is 10.6. The van der Waals surface area contributed by atoms with Crippen molar-refractivity contribution in [2.45, 2.75) is 60.7 Å². The molecule has 0 saturated carbocycles. The monoisotopic (exact) mass is 618 g/mol. The molecule has 0 radical (unpaired) electrons. The Morgan fingerprint density at radius 3 is 2.51 bits per heavy atom. The van der Waals surface area contributed by atoms with E-state index in [0.717, 1.165) is 27.8 Å². The highest BCUT2D eigenvalue weighted by atomic mass is 16.6. The second-order valence-corrected chi connectivity index (χ2v) is 12.1. The van der Waals surface area contributed by atoms with Gasteiger partial charge in [-0.25, -0.2) is 24.5 Å². The van der Waals surface area contributed by atoms with Crippen molar-refractivity contribution in [3.63, 3.8) is 0 Å². The predicted molar refractivity (Wildman–Crippen MR) is 180 cm³/mol. The molecule has 242 valence electrons. The van der Waals surface area contributed by atoms with Crippen LogP contribution >= 0.6 is 0 Å². The number of ether oxygens (including phenoxy) is 2. The van der Waals surface area contributed by atoms with Crippen LogP contribution in [0, 0.1) is 6.92 Å². The molecule has 12 heteroatoms. The molecule has 3 N–H and O–H groups in total. The number of carbonyl (C=O) groups is 2. The number of aromatic nitrogens is 4. The van der Waals surface area contributed by atoms with E-state index in [4.69, 9.17) is 20.2 Å². The molecule has 0 saturated heterocycles. The first-order chi connectivity index (χ1) is 20.6. The van der Waals surface area contributed by atoms with Gasteiger partial charge in [0, 0.05) is 69.5 Å². The molecular formula is C33H46N8O4. The van der Waals surface area contributed by atoms with E-state index in [-0.39, 0.29) is 25.2 Å². The summed E-state index contributed by atoms with van der Waals surface area (Å²) in [5, 5.41) is 4.12. The Labute approximate surface area is 265 Å². The minimum atomic E-state index is -0.560. The second kappa shape index (κ2) is 13.8. The summed E-state index contributed by atoms with van der Waals surface area (Å²) < 4.78 is 12.8. The zero-order chi connectivity index (χ0) is 32.3. The largest absolute Gasteiger partial charge is 0.459 e. The lowest BCUT2D eigenvalue weighted by Crippen LogP contribution is -2.38. The standard InChI is InChI=1S/C32H42N8O4.CH4/c1-19(2)43-29(41)22-17-35-30(37-27(22)23-18-40(9)28-21(23)11-10-12-34-28)36-25-16-24(33)26(15-20(25)3)38(7)13-14-39(8)31(42)44-32(4,5)6;/h10-12,15-19H,13-14,33H2,1-9H3,(H,35,36,37);1H4. The number of pyridine rings is 1. The number of nitrogen functional groups attached to an aromatic ring is 1. The number of fused-ring (bicyclic) bond motifs is 1. The number of hydrogen-bond donors (Lipinski definition) is 2. The van der Waals surface area contributed by atoms with Gasteiger partial charge >= 0.3 is 12.1 Å². The third-order valence-electron chi connectivity index (χ3n) is 6.85. The van der Waals surface area contributed by atoms with Gasteiger partial charge in [-0.3, -0.25) is 0 Å². The van der Waals surface area contributed by atoms with Gasteiger partial charge in [-0.2, -0.15) is 0 Å². The van der Waals surface area contributed by atoms with Crippen LogP contribution in [0.2, 0.25) is 0 Å². The molecule has 0 aliphatic heterocycles. The number of hydrogen-bond acceptors (Lipinski definition) is 10. The average Bonchev–Trinajstić information content (AvgIpc) is 3.28. The Morgan fingerprint density at radius 1 is 1.13 bits per heavy atom. The maximum atomic E-state index is 13.1. The summed E-state index contributed by atoms with van der Waals surface area (Å²) in [6.45, 7) is 12.1. The molecule has 0 fully saturated rings. The number of carbonyl (C=O) groups excluding carboxylic acids is 2. The smallest absolute Gasteiger partial charge is 0.410 e. The maximum Gasteiger partial charge on any atom is 0.410 e. The summed E-state index contributed by atoms with van der Waals surface area (Å²) >= 11 is 0. The highest BCUT2D eigenvalue weighted by Gasteiger charge is 2.23. The van der Waals surface area contributed by atoms with Crippen molar-refractivity contribution in [3.05, 3.63) is 54.0 Å². The van der Waals surface area contributed by atoms with Gasteiger partial charge in [-0.05, 0) is 71.4 Å². The van der Waals surface area contributed by atoms with Crippen molar-refractivity contribution < 1.29 is 19.1 Å². The van der Waals surface area contributed by atoms with E-state index in [1.807, 2.05) is 81.7 Å².